The van der Waals surface area contributed by atoms with E-state index in [-0.39, 0.29) is 21.8 Å². The summed E-state index contributed by atoms with van der Waals surface area (Å²) in [6.07, 6.45) is 2.43. The first-order chi connectivity index (χ1) is 11.9. The van der Waals surface area contributed by atoms with Crippen LogP contribution in [0.15, 0.2) is 30.6 Å². The Balaban J connectivity index is 0.00000151. The quantitative estimate of drug-likeness (QED) is 0.455. The molecule has 8 nitrogen and oxygen atoms in total. The Morgan fingerprint density at radius 2 is 2.08 bits per heavy atom. The first-order valence-electron chi connectivity index (χ1n) is 6.58. The fourth-order valence-electron chi connectivity index (χ4n) is 1.62. The van der Waals surface area contributed by atoms with E-state index >= 15 is 0 Å². The molecule has 1 aromatic carbocycles. The maximum atomic E-state index is 13.9. The molecule has 0 fully saturated rings. The summed E-state index contributed by atoms with van der Waals surface area (Å²) in [5, 5.41) is 14.9. The molecular formula is C14H15FN4O4S2. The Morgan fingerprint density at radius 1 is 1.44 bits per heavy atom. The third-order valence-corrected chi connectivity index (χ3v) is 3.35. The largest absolute Gasteiger partial charge is 0.437 e. The van der Waals surface area contributed by atoms with Crippen LogP contribution in [0.4, 0.5) is 4.39 Å². The zero-order chi connectivity index (χ0) is 19.0. The van der Waals surface area contributed by atoms with Gasteiger partial charge in [0.2, 0.25) is 11.7 Å². The number of H-pyrrole nitrogens is 1. The van der Waals surface area contributed by atoms with Gasteiger partial charge < -0.3 is 14.8 Å². The number of benzene rings is 1. The van der Waals surface area contributed by atoms with Crippen LogP contribution >= 0.6 is 12.2 Å². The van der Waals surface area contributed by atoms with Crippen LogP contribution in [0.3, 0.4) is 0 Å². The molecule has 2 rings (SSSR count). The lowest BCUT2D eigenvalue weighted by molar-refractivity contribution is -0.113. The number of carbonyl (C=O) groups is 1. The van der Waals surface area contributed by atoms with Crippen molar-refractivity contribution in [3.05, 3.63) is 46.6 Å². The second kappa shape index (κ2) is 9.71. The molecule has 0 aliphatic carbocycles. The Hall–Kier alpha value is -2.50. The molecule has 1 amide bonds. The fourth-order valence-corrected chi connectivity index (χ4v) is 2.13. The summed E-state index contributed by atoms with van der Waals surface area (Å²) in [7, 11) is -0.611. The van der Waals surface area contributed by atoms with Gasteiger partial charge in [0.05, 0.1) is 6.33 Å². The van der Waals surface area contributed by atoms with E-state index in [1.54, 1.807) is 12.1 Å². The normalized spacial score (nSPS) is 10.9. The van der Waals surface area contributed by atoms with Crippen LogP contribution < -0.4 is 9.46 Å². The van der Waals surface area contributed by atoms with Crippen LogP contribution in [-0.4, -0.2) is 44.3 Å². The van der Waals surface area contributed by atoms with Crippen LogP contribution in [0.2, 0.25) is 0 Å². The molecule has 25 heavy (non-hydrogen) atoms. The predicted molar refractivity (Wildman–Crippen MR) is 93.1 cm³/mol. The molecule has 0 bridgehead atoms. The average Bonchev–Trinajstić information content (AvgIpc) is 2.60. The fraction of sp³-hybridized carbons (Fsp3) is 0.143. The molecule has 1 aromatic heterocycles. The van der Waals surface area contributed by atoms with E-state index in [2.05, 4.69) is 14.7 Å². The van der Waals surface area contributed by atoms with E-state index in [9.17, 15) is 13.4 Å². The van der Waals surface area contributed by atoms with Gasteiger partial charge in [-0.15, -0.1) is 0 Å². The van der Waals surface area contributed by atoms with E-state index in [1.165, 1.54) is 24.7 Å². The molecule has 134 valence electrons. The first-order valence-corrected chi connectivity index (χ1v) is 8.55. The molecule has 0 radical (unpaired) electrons. The van der Waals surface area contributed by atoms with Crippen LogP contribution in [0.5, 0.6) is 11.6 Å². The van der Waals surface area contributed by atoms with Crippen molar-refractivity contribution in [1.82, 2.24) is 14.7 Å². The molecule has 2 aromatic rings. The van der Waals surface area contributed by atoms with Gasteiger partial charge in [0.1, 0.15) is 22.4 Å². The van der Waals surface area contributed by atoms with Crippen molar-refractivity contribution in [2.75, 3.05) is 13.4 Å². The topological polar surface area (TPSA) is 128 Å². The van der Waals surface area contributed by atoms with Crippen LogP contribution in [0, 0.1) is 15.9 Å². The summed E-state index contributed by atoms with van der Waals surface area (Å²) >= 11 is 4.70. The van der Waals surface area contributed by atoms with Crippen LogP contribution in [0.1, 0.15) is 5.56 Å². The number of para-hydroxylation sites is 1. The Bertz CT molecular complexity index is 857. The number of aromatic amines is 1. The molecule has 0 spiro atoms. The molecule has 0 aliphatic rings. The summed E-state index contributed by atoms with van der Waals surface area (Å²) < 4.78 is 32.1. The van der Waals surface area contributed by atoms with Gasteiger partial charge in [0.15, 0.2) is 4.64 Å². The van der Waals surface area contributed by atoms with E-state index in [0.29, 0.717) is 0 Å². The van der Waals surface area contributed by atoms with Crippen molar-refractivity contribution < 1.29 is 23.2 Å². The SMILES string of the molecule is CO.CS(=O)NC(=O)C(=N)c1ccccc1Oc1[nH]cnc(=S)c1F. The summed E-state index contributed by atoms with van der Waals surface area (Å²) in [6, 6.07) is 6.08. The average molecular weight is 386 g/mol. The zero-order valence-corrected chi connectivity index (χ0v) is 14.8. The van der Waals surface area contributed by atoms with E-state index < -0.39 is 28.4 Å². The highest BCUT2D eigenvalue weighted by Crippen LogP contribution is 2.26. The second-order valence-corrected chi connectivity index (χ2v) is 5.71. The smallest absolute Gasteiger partial charge is 0.281 e. The number of nitrogens with zero attached hydrogens (tertiary/aromatic N) is 1. The van der Waals surface area contributed by atoms with Gasteiger partial charge in [0, 0.05) is 18.9 Å². The molecule has 0 saturated carbocycles. The summed E-state index contributed by atoms with van der Waals surface area (Å²) in [5.41, 5.74) is -0.366. The second-order valence-electron chi connectivity index (χ2n) is 4.21. The molecule has 4 N–H and O–H groups in total. The molecule has 1 atom stereocenters. The molecular weight excluding hydrogens is 371 g/mol. The van der Waals surface area contributed by atoms with Crippen LogP contribution in [0.25, 0.3) is 0 Å². The monoisotopic (exact) mass is 386 g/mol. The number of nitrogens with one attached hydrogen (secondary N) is 3. The van der Waals surface area contributed by atoms with Crippen molar-refractivity contribution in [3.63, 3.8) is 0 Å². The molecule has 0 saturated heterocycles. The Kier molecular flexibility index (Phi) is 7.98. The third kappa shape index (κ3) is 5.52. The lowest BCUT2D eigenvalue weighted by Gasteiger charge is -2.11. The van der Waals surface area contributed by atoms with E-state index in [4.69, 9.17) is 27.5 Å². The number of aromatic nitrogens is 2. The van der Waals surface area contributed by atoms with Crippen molar-refractivity contribution in [2.45, 2.75) is 0 Å². The van der Waals surface area contributed by atoms with Crippen LogP contribution in [-0.2, 0) is 15.8 Å². The van der Waals surface area contributed by atoms with Gasteiger partial charge in [-0.05, 0) is 12.1 Å². The molecule has 11 heteroatoms. The number of hydrogen-bond donors (Lipinski definition) is 4. The van der Waals surface area contributed by atoms with Gasteiger partial charge >= 0.3 is 0 Å². The molecule has 0 aliphatic heterocycles. The van der Waals surface area contributed by atoms with E-state index in [1.807, 2.05) is 0 Å². The minimum absolute atomic E-state index is 0.0604. The predicted octanol–water partition coefficient (Wildman–Crippen LogP) is 1.46. The number of aliphatic hydroxyl groups is 1. The number of carbonyl (C=O) groups excluding carboxylic acids is 1. The number of halogens is 1. The lowest BCUT2D eigenvalue weighted by Crippen LogP contribution is -2.32. The van der Waals surface area contributed by atoms with E-state index in [0.717, 1.165) is 7.11 Å². The summed E-state index contributed by atoms with van der Waals surface area (Å²) in [6.45, 7) is 0. The van der Waals surface area contributed by atoms with Gasteiger partial charge in [-0.3, -0.25) is 14.9 Å². The van der Waals surface area contributed by atoms with Gasteiger partial charge in [-0.1, -0.05) is 24.4 Å². The highest BCUT2D eigenvalue weighted by Gasteiger charge is 2.18. The van der Waals surface area contributed by atoms with Gasteiger partial charge in [0.25, 0.3) is 5.91 Å². The number of ether oxygens (including phenoxy) is 1. The molecule has 1 unspecified atom stereocenters. The number of hydrogen-bond acceptors (Lipinski definition) is 7. The zero-order valence-electron chi connectivity index (χ0n) is 13.2. The van der Waals surface area contributed by atoms with Gasteiger partial charge in [-0.2, -0.15) is 4.39 Å². The summed E-state index contributed by atoms with van der Waals surface area (Å²) in [4.78, 5) is 17.8. The standard InChI is InChI=1S/C13H11FN4O3S2.CH4O/c1-23(20)18-11(19)10(15)7-4-2-3-5-8(7)21-12-9(14)13(22)17-6-16-12;1-2/h2-6,15H,1H3,(H,18,19)(H,16,17,22);2H,1H3. The van der Waals surface area contributed by atoms with Crippen molar-refractivity contribution in [2.24, 2.45) is 0 Å². The lowest BCUT2D eigenvalue weighted by atomic mass is 10.1. The number of amides is 1. The highest BCUT2D eigenvalue weighted by molar-refractivity contribution is 7.83. The molecule has 1 heterocycles. The minimum Gasteiger partial charge on any atom is -0.437 e. The first kappa shape index (κ1) is 20.5. The summed E-state index contributed by atoms with van der Waals surface area (Å²) in [5.74, 6) is -1.93. The maximum Gasteiger partial charge on any atom is 0.281 e. The Labute approximate surface area is 150 Å². The Morgan fingerprint density at radius 3 is 2.72 bits per heavy atom. The van der Waals surface area contributed by atoms with Crippen molar-refractivity contribution in [3.8, 4) is 11.6 Å². The highest BCUT2D eigenvalue weighted by atomic mass is 32.2. The number of aliphatic hydroxyl groups excluding tert-OH is 1. The van der Waals surface area contributed by atoms with Crippen molar-refractivity contribution >= 4 is 34.8 Å². The maximum absolute atomic E-state index is 13.9. The minimum atomic E-state index is -1.61. The van der Waals surface area contributed by atoms with Crippen molar-refractivity contribution in [1.29, 1.82) is 5.41 Å². The third-order valence-electron chi connectivity index (χ3n) is 2.60. The van der Waals surface area contributed by atoms with Gasteiger partial charge in [-0.25, -0.2) is 9.19 Å². The number of rotatable bonds is 5.